The first kappa shape index (κ1) is 20.9. The minimum atomic E-state index is -0.715. The van der Waals surface area contributed by atoms with Crippen LogP contribution in [-0.4, -0.2) is 0 Å². The maximum atomic E-state index is 12.7. The van der Waals surface area contributed by atoms with E-state index in [0.29, 0.717) is 0 Å². The van der Waals surface area contributed by atoms with E-state index in [2.05, 4.69) is 19.1 Å². The Morgan fingerprint density at radius 1 is 0.923 bits per heavy atom. The van der Waals surface area contributed by atoms with Gasteiger partial charge in [-0.15, -0.1) is 0 Å². The van der Waals surface area contributed by atoms with Gasteiger partial charge in [-0.25, -0.2) is 0 Å². The molecule has 1 nitrogen and oxygen atoms in total. The van der Waals surface area contributed by atoms with E-state index in [1.165, 1.54) is 82.8 Å². The third kappa shape index (κ3) is 7.90. The Balaban J connectivity index is 1.59. The lowest BCUT2D eigenvalue weighted by atomic mass is 9.77. The van der Waals surface area contributed by atoms with E-state index >= 15 is 0 Å². The van der Waals surface area contributed by atoms with Crippen LogP contribution < -0.4 is 0 Å². The lowest BCUT2D eigenvalue weighted by molar-refractivity contribution is 0.286. The molecule has 2 fully saturated rings. The van der Waals surface area contributed by atoms with E-state index in [1.54, 1.807) is 6.08 Å². The van der Waals surface area contributed by atoms with Crippen LogP contribution in [0.3, 0.4) is 0 Å². The zero-order valence-electron chi connectivity index (χ0n) is 16.5. The number of hydrogen-bond donors (Lipinski definition) is 0. The molecule has 2 heteroatoms. The Morgan fingerprint density at radius 3 is 1.96 bits per heavy atom. The van der Waals surface area contributed by atoms with Crippen LogP contribution in [0.5, 0.6) is 0 Å². The number of halogens is 1. The molecule has 2 aliphatic rings. The summed E-state index contributed by atoms with van der Waals surface area (Å²) in [4.78, 5) is 0. The predicted octanol–water partition coefficient (Wildman–Crippen LogP) is 7.67. The number of nitriles is 1. The van der Waals surface area contributed by atoms with Crippen LogP contribution in [0.25, 0.3) is 0 Å². The first-order valence-corrected chi connectivity index (χ1v) is 10.8. The molecule has 2 saturated carbocycles. The van der Waals surface area contributed by atoms with Gasteiger partial charge in [0.1, 0.15) is 6.07 Å². The molecular formula is C24H36FN. The molecule has 0 saturated heterocycles. The van der Waals surface area contributed by atoms with Crippen molar-refractivity contribution in [2.24, 2.45) is 23.7 Å². The van der Waals surface area contributed by atoms with Crippen molar-refractivity contribution in [3.8, 4) is 6.07 Å². The summed E-state index contributed by atoms with van der Waals surface area (Å²) in [5, 5.41) is 8.35. The first-order chi connectivity index (χ1) is 12.7. The summed E-state index contributed by atoms with van der Waals surface area (Å²) in [6.07, 6.45) is 26.0. The summed E-state index contributed by atoms with van der Waals surface area (Å²) < 4.78 is 12.7. The maximum absolute atomic E-state index is 12.7. The minimum absolute atomic E-state index is 0.715. The third-order valence-corrected chi connectivity index (χ3v) is 6.36. The smallest absolute Gasteiger partial charge is 0.195 e. The normalized spacial score (nSPS) is 30.7. The average Bonchev–Trinajstić information content (AvgIpc) is 2.68. The van der Waals surface area contributed by atoms with Gasteiger partial charge in [0.2, 0.25) is 0 Å². The molecule has 0 heterocycles. The maximum Gasteiger partial charge on any atom is 0.199 e. The lowest BCUT2D eigenvalue weighted by Gasteiger charge is -2.28. The van der Waals surface area contributed by atoms with Gasteiger partial charge >= 0.3 is 0 Å². The second-order valence-corrected chi connectivity index (χ2v) is 8.37. The second-order valence-electron chi connectivity index (χ2n) is 8.37. The molecule has 0 atom stereocenters. The van der Waals surface area contributed by atoms with Gasteiger partial charge in [0.25, 0.3) is 0 Å². The first-order valence-electron chi connectivity index (χ1n) is 10.8. The minimum Gasteiger partial charge on any atom is -0.195 e. The van der Waals surface area contributed by atoms with Crippen molar-refractivity contribution in [1.82, 2.24) is 0 Å². The highest BCUT2D eigenvalue weighted by Crippen LogP contribution is 2.35. The quantitative estimate of drug-likeness (QED) is 0.248. The van der Waals surface area contributed by atoms with E-state index in [-0.39, 0.29) is 0 Å². The Hall–Kier alpha value is -1.36. The van der Waals surface area contributed by atoms with Crippen molar-refractivity contribution in [1.29, 1.82) is 5.26 Å². The van der Waals surface area contributed by atoms with Crippen molar-refractivity contribution in [2.45, 2.75) is 84.0 Å². The third-order valence-electron chi connectivity index (χ3n) is 6.36. The molecule has 26 heavy (non-hydrogen) atoms. The molecule has 0 N–H and O–H groups in total. The standard InChI is InChI=1S/C24H36FN/c1-2-6-20-9-13-22(14-10-20)17-18-23-15-11-21(12-16-23)7-4-3-5-8-24(25)19-26/h3,5,8,17-18,20-23H,2,4,6-7,9-16H2,1H3/t20-,21-,22-,23-. The number of hydrogen-bond acceptors (Lipinski definition) is 1. The van der Waals surface area contributed by atoms with Crippen LogP contribution >= 0.6 is 0 Å². The van der Waals surface area contributed by atoms with Crippen LogP contribution in [-0.2, 0) is 0 Å². The molecule has 0 aromatic carbocycles. The van der Waals surface area contributed by atoms with Gasteiger partial charge in [-0.1, -0.05) is 44.1 Å². The molecule has 0 bridgehead atoms. The van der Waals surface area contributed by atoms with Crippen molar-refractivity contribution in [3.05, 3.63) is 36.2 Å². The highest BCUT2D eigenvalue weighted by atomic mass is 19.1. The average molecular weight is 358 g/mol. The van der Waals surface area contributed by atoms with Crippen molar-refractivity contribution in [2.75, 3.05) is 0 Å². The molecule has 2 rings (SSSR count). The van der Waals surface area contributed by atoms with E-state index in [1.807, 2.05) is 6.08 Å². The molecule has 144 valence electrons. The molecule has 0 spiro atoms. The monoisotopic (exact) mass is 357 g/mol. The summed E-state index contributed by atoms with van der Waals surface area (Å²) in [5.74, 6) is 2.74. The fourth-order valence-corrected chi connectivity index (χ4v) is 4.68. The highest BCUT2D eigenvalue weighted by Gasteiger charge is 2.21. The Bertz CT molecular complexity index is 509. The van der Waals surface area contributed by atoms with Crippen LogP contribution in [0.2, 0.25) is 0 Å². The van der Waals surface area contributed by atoms with Gasteiger partial charge in [-0.2, -0.15) is 9.65 Å². The number of nitrogens with zero attached hydrogens (tertiary/aromatic N) is 1. The summed E-state index contributed by atoms with van der Waals surface area (Å²) >= 11 is 0. The number of rotatable bonds is 8. The van der Waals surface area contributed by atoms with Gasteiger partial charge in [0.15, 0.2) is 5.83 Å². The van der Waals surface area contributed by atoms with Crippen LogP contribution in [0, 0.1) is 35.0 Å². The van der Waals surface area contributed by atoms with E-state index in [0.717, 1.165) is 30.1 Å². The summed E-state index contributed by atoms with van der Waals surface area (Å²) in [7, 11) is 0. The molecule has 0 radical (unpaired) electrons. The molecule has 0 amide bonds. The van der Waals surface area contributed by atoms with Gasteiger partial charge in [0, 0.05) is 0 Å². The van der Waals surface area contributed by atoms with E-state index in [9.17, 15) is 4.39 Å². The summed E-state index contributed by atoms with van der Waals surface area (Å²) in [5.41, 5.74) is 0. The Kier molecular flexibility index (Phi) is 9.75. The SMILES string of the molecule is CCC[C@H]1CC[C@H](C=C[C@H]2CC[C@H](CCC=CC=C(F)C#N)CC2)CC1. The molecule has 0 unspecified atom stereocenters. The van der Waals surface area contributed by atoms with Crippen molar-refractivity contribution in [3.63, 3.8) is 0 Å². The van der Waals surface area contributed by atoms with Crippen LogP contribution in [0.1, 0.15) is 84.0 Å². The highest BCUT2D eigenvalue weighted by molar-refractivity contribution is 5.18. The Labute approximate surface area is 160 Å². The number of allylic oxidation sites excluding steroid dienone is 6. The van der Waals surface area contributed by atoms with Gasteiger partial charge in [-0.3, -0.25) is 0 Å². The molecule has 2 aliphatic carbocycles. The van der Waals surface area contributed by atoms with Crippen LogP contribution in [0.4, 0.5) is 4.39 Å². The Morgan fingerprint density at radius 2 is 1.46 bits per heavy atom. The van der Waals surface area contributed by atoms with E-state index in [4.69, 9.17) is 5.26 Å². The van der Waals surface area contributed by atoms with Gasteiger partial charge < -0.3 is 0 Å². The van der Waals surface area contributed by atoms with E-state index < -0.39 is 5.83 Å². The molecule has 0 aromatic heterocycles. The molecule has 0 aliphatic heterocycles. The lowest BCUT2D eigenvalue weighted by Crippen LogP contribution is -2.15. The topological polar surface area (TPSA) is 23.8 Å². The fourth-order valence-electron chi connectivity index (χ4n) is 4.68. The summed E-state index contributed by atoms with van der Waals surface area (Å²) in [6.45, 7) is 2.31. The molecule has 0 aromatic rings. The van der Waals surface area contributed by atoms with Crippen molar-refractivity contribution < 1.29 is 4.39 Å². The molecular weight excluding hydrogens is 321 g/mol. The zero-order chi connectivity index (χ0) is 18.6. The van der Waals surface area contributed by atoms with Gasteiger partial charge in [0.05, 0.1) is 0 Å². The zero-order valence-corrected chi connectivity index (χ0v) is 16.5. The van der Waals surface area contributed by atoms with Crippen LogP contribution in [0.15, 0.2) is 36.2 Å². The second kappa shape index (κ2) is 12.1. The largest absolute Gasteiger partial charge is 0.199 e. The fraction of sp³-hybridized carbons (Fsp3) is 0.708. The predicted molar refractivity (Wildman–Crippen MR) is 108 cm³/mol. The van der Waals surface area contributed by atoms with Crippen molar-refractivity contribution >= 4 is 0 Å². The summed E-state index contributed by atoms with van der Waals surface area (Å²) in [6, 6.07) is 1.49. The van der Waals surface area contributed by atoms with Gasteiger partial charge in [-0.05, 0) is 94.0 Å².